The molecule has 0 amide bonds. The summed E-state index contributed by atoms with van der Waals surface area (Å²) >= 11 is 5.94. The minimum atomic E-state index is -1.98. The maximum absolute atomic E-state index is 15.0. The molecule has 0 aliphatic rings. The lowest BCUT2D eigenvalue weighted by molar-refractivity contribution is 0.574. The van der Waals surface area contributed by atoms with Crippen LogP contribution in [0.3, 0.4) is 0 Å². The van der Waals surface area contributed by atoms with Gasteiger partial charge in [-0.15, -0.1) is 0 Å². The van der Waals surface area contributed by atoms with Gasteiger partial charge < -0.3 is 5.32 Å². The Morgan fingerprint density at radius 3 is 2.52 bits per heavy atom. The lowest BCUT2D eigenvalue weighted by Crippen LogP contribution is -2.24. The summed E-state index contributed by atoms with van der Waals surface area (Å²) in [7, 11) is 1.43. The van der Waals surface area contributed by atoms with Crippen molar-refractivity contribution in [2.45, 2.75) is 13.0 Å². The number of rotatable bonds is 5. The number of hydrogen-bond donors (Lipinski definition) is 1. The summed E-state index contributed by atoms with van der Waals surface area (Å²) in [5, 5.41) is 8.37. The lowest BCUT2D eigenvalue weighted by Gasteiger charge is -2.12. The highest BCUT2D eigenvalue weighted by Crippen LogP contribution is 2.26. The number of pyridine rings is 1. The molecule has 7 heteroatoms. The molecule has 2 aromatic heterocycles. The predicted molar refractivity (Wildman–Crippen MR) is 113 cm³/mol. The molecule has 0 saturated heterocycles. The van der Waals surface area contributed by atoms with Crippen molar-refractivity contribution in [1.82, 2.24) is 20.1 Å². The topological polar surface area (TPSA) is 59.8 Å². The second-order valence-corrected chi connectivity index (χ2v) is 6.83. The Balaban J connectivity index is 1.89. The van der Waals surface area contributed by atoms with Gasteiger partial charge in [-0.25, -0.2) is 9.67 Å². The molecule has 4 aromatic rings. The van der Waals surface area contributed by atoms with Gasteiger partial charge in [0.25, 0.3) is 5.56 Å². The zero-order valence-corrected chi connectivity index (χ0v) is 16.2. The Labute approximate surface area is 174 Å². The molecule has 0 aliphatic heterocycles. The van der Waals surface area contributed by atoms with Crippen molar-refractivity contribution < 1.29 is 7.13 Å². The van der Waals surface area contributed by atoms with Crippen molar-refractivity contribution >= 4 is 22.4 Å². The molecular weight excluding hydrogens is 391 g/mol. The number of aromatic nitrogens is 3. The molecule has 0 unspecified atom stereocenters. The Morgan fingerprint density at radius 1 is 1.10 bits per heavy atom. The van der Waals surface area contributed by atoms with E-state index in [0.29, 0.717) is 15.8 Å². The predicted octanol–water partition coefficient (Wildman–Crippen LogP) is 4.02. The minimum absolute atomic E-state index is 0.0803. The van der Waals surface area contributed by atoms with Crippen LogP contribution in [-0.2, 0) is 13.0 Å². The third-order valence-electron chi connectivity index (χ3n) is 4.47. The van der Waals surface area contributed by atoms with Crippen LogP contribution in [0.15, 0.2) is 65.5 Å². The summed E-state index contributed by atoms with van der Waals surface area (Å²) in [6.45, 7) is -1.80. The molecule has 4 rings (SSSR count). The Bertz CT molecular complexity index is 1330. The zero-order chi connectivity index (χ0) is 22.2. The summed E-state index contributed by atoms with van der Waals surface area (Å²) in [5.74, 6) is -0.869. The molecule has 0 fully saturated rings. The van der Waals surface area contributed by atoms with E-state index in [2.05, 4.69) is 15.4 Å². The number of nitrogens with one attached hydrogen (secondary N) is 1. The fourth-order valence-corrected chi connectivity index (χ4v) is 3.24. The summed E-state index contributed by atoms with van der Waals surface area (Å²) < 4.78 is 32.0. The van der Waals surface area contributed by atoms with Crippen LogP contribution >= 0.6 is 11.6 Å². The molecule has 0 aliphatic carbocycles. The van der Waals surface area contributed by atoms with E-state index in [4.69, 9.17) is 14.3 Å². The first-order valence-electron chi connectivity index (χ1n) is 9.91. The second-order valence-electron chi connectivity index (χ2n) is 6.39. The highest BCUT2D eigenvalue weighted by molar-refractivity contribution is 6.30. The molecular formula is C22H18ClFN4O. The average molecular weight is 411 g/mol. The van der Waals surface area contributed by atoms with E-state index in [1.165, 1.54) is 23.9 Å². The van der Waals surface area contributed by atoms with Crippen LogP contribution in [0.25, 0.3) is 22.0 Å². The quantitative estimate of drug-likeness (QED) is 0.505. The van der Waals surface area contributed by atoms with E-state index in [9.17, 15) is 9.18 Å². The molecule has 0 bridgehead atoms. The highest BCUT2D eigenvalue weighted by Gasteiger charge is 2.16. The standard InChI is InChI=1S/C22H18ClFN4O/c1-25-12-16-10-11-19(21(24)26-16)20-17-4-2-3-5-18(17)22(29)28(27-20)13-14-6-8-15(23)9-7-14/h2-11,25H,12-13H2,1H3/i12D2. The number of benzene rings is 2. The zero-order valence-electron chi connectivity index (χ0n) is 17.5. The van der Waals surface area contributed by atoms with E-state index in [-0.39, 0.29) is 29.1 Å². The van der Waals surface area contributed by atoms with E-state index < -0.39 is 12.4 Å². The van der Waals surface area contributed by atoms with E-state index in [1.807, 2.05) is 0 Å². The summed E-state index contributed by atoms with van der Waals surface area (Å²) in [6.07, 6.45) is 0. The van der Waals surface area contributed by atoms with Gasteiger partial charge in [-0.1, -0.05) is 41.9 Å². The van der Waals surface area contributed by atoms with Crippen LogP contribution in [-0.4, -0.2) is 21.8 Å². The van der Waals surface area contributed by atoms with Gasteiger partial charge in [-0.3, -0.25) is 4.79 Å². The first-order valence-corrected chi connectivity index (χ1v) is 9.28. The molecule has 29 heavy (non-hydrogen) atoms. The van der Waals surface area contributed by atoms with Crippen molar-refractivity contribution in [3.05, 3.63) is 93.2 Å². The minimum Gasteiger partial charge on any atom is -0.314 e. The highest BCUT2D eigenvalue weighted by atomic mass is 35.5. The molecule has 0 atom stereocenters. The Kier molecular flexibility index (Phi) is 4.70. The van der Waals surface area contributed by atoms with Crippen molar-refractivity contribution in [2.75, 3.05) is 7.05 Å². The average Bonchev–Trinajstić information content (AvgIpc) is 2.77. The molecule has 1 N–H and O–H groups in total. The van der Waals surface area contributed by atoms with Crippen LogP contribution in [0.2, 0.25) is 5.02 Å². The molecule has 0 saturated carbocycles. The molecule has 146 valence electrons. The van der Waals surface area contributed by atoms with Crippen LogP contribution in [0.5, 0.6) is 0 Å². The summed E-state index contributed by atoms with van der Waals surface area (Å²) in [6, 6.07) is 16.7. The fourth-order valence-electron chi connectivity index (χ4n) is 3.11. The SMILES string of the molecule is [2H]C([2H])(NC)c1ccc(-c2nn(Cc3ccc(Cl)cc3)c(=O)c3ccccc23)c(F)n1. The van der Waals surface area contributed by atoms with Crippen molar-refractivity contribution in [2.24, 2.45) is 0 Å². The summed E-state index contributed by atoms with van der Waals surface area (Å²) in [5.41, 5.74) is 0.764. The van der Waals surface area contributed by atoms with Crippen molar-refractivity contribution in [3.8, 4) is 11.3 Å². The van der Waals surface area contributed by atoms with Crippen LogP contribution in [0, 0.1) is 5.95 Å². The monoisotopic (exact) mass is 410 g/mol. The van der Waals surface area contributed by atoms with Gasteiger partial charge in [0, 0.05) is 19.6 Å². The van der Waals surface area contributed by atoms with Gasteiger partial charge >= 0.3 is 0 Å². The first kappa shape index (κ1) is 16.8. The van der Waals surface area contributed by atoms with Crippen LogP contribution < -0.4 is 10.9 Å². The number of nitrogens with zero attached hydrogens (tertiary/aromatic N) is 3. The number of halogens is 2. The molecule has 2 heterocycles. The molecule has 0 spiro atoms. The van der Waals surface area contributed by atoms with Crippen molar-refractivity contribution in [1.29, 1.82) is 0 Å². The largest absolute Gasteiger partial charge is 0.314 e. The second kappa shape index (κ2) is 8.11. The van der Waals surface area contributed by atoms with E-state index in [1.54, 1.807) is 48.5 Å². The van der Waals surface area contributed by atoms with E-state index in [0.717, 1.165) is 5.56 Å². The van der Waals surface area contributed by atoms with Gasteiger partial charge in [-0.2, -0.15) is 9.49 Å². The van der Waals surface area contributed by atoms with Crippen LogP contribution in [0.4, 0.5) is 4.39 Å². The van der Waals surface area contributed by atoms with Gasteiger partial charge in [0.15, 0.2) is 0 Å². The molecule has 2 aromatic carbocycles. The Hall–Kier alpha value is -3.09. The fraction of sp³-hybridized carbons (Fsp3) is 0.136. The third-order valence-corrected chi connectivity index (χ3v) is 4.72. The maximum atomic E-state index is 15.0. The number of hydrogen-bond acceptors (Lipinski definition) is 4. The number of fused-ring (bicyclic) bond motifs is 1. The van der Waals surface area contributed by atoms with Crippen molar-refractivity contribution in [3.63, 3.8) is 0 Å². The van der Waals surface area contributed by atoms with Gasteiger partial charge in [0.05, 0.1) is 23.2 Å². The van der Waals surface area contributed by atoms with Gasteiger partial charge in [0.1, 0.15) is 5.69 Å². The lowest BCUT2D eigenvalue weighted by atomic mass is 10.1. The maximum Gasteiger partial charge on any atom is 0.274 e. The smallest absolute Gasteiger partial charge is 0.274 e. The first-order chi connectivity index (χ1) is 14.8. The van der Waals surface area contributed by atoms with Gasteiger partial charge in [-0.05, 0) is 42.9 Å². The Morgan fingerprint density at radius 2 is 1.83 bits per heavy atom. The van der Waals surface area contributed by atoms with E-state index >= 15 is 0 Å². The third kappa shape index (κ3) is 3.90. The molecule has 5 nitrogen and oxygen atoms in total. The van der Waals surface area contributed by atoms with Crippen LogP contribution in [0.1, 0.15) is 14.0 Å². The normalized spacial score (nSPS) is 12.7. The molecule has 0 radical (unpaired) electrons. The summed E-state index contributed by atoms with van der Waals surface area (Å²) in [4.78, 5) is 16.8. The van der Waals surface area contributed by atoms with Gasteiger partial charge in [0.2, 0.25) is 5.95 Å².